The largest absolute Gasteiger partial charge is 0.379 e. The standard InChI is InChI=1S/C42H43ClN4O4S2/c43-26-15-16-31-28-52-27-25-37(48)47(35-23-13-2-1-3-14-24-35)39(31)41(50)51-46-40(49)38(36-29-53-30-44-36)45-42(32-17-7-4-8-18-32,33-19-9-5-10-20-33)34-21-11-6-12-22-34/h4-13,15-23,29-30,35,38,45H,1-3,14,24-28H2,(H,46,49)/b16-15?,23-13-,39-31-. The number of thiazole rings is 1. The zero-order valence-electron chi connectivity index (χ0n) is 29.4. The van der Waals surface area contributed by atoms with Crippen molar-refractivity contribution < 1.29 is 19.2 Å². The van der Waals surface area contributed by atoms with Crippen LogP contribution in [0.5, 0.6) is 0 Å². The number of allylic oxidation sites excluding steroid dienone is 3. The highest BCUT2D eigenvalue weighted by molar-refractivity contribution is 7.99. The quantitative estimate of drug-likeness (QED) is 0.0687. The molecule has 0 fully saturated rings. The maximum Gasteiger partial charge on any atom is 0.379 e. The van der Waals surface area contributed by atoms with Gasteiger partial charge in [-0.25, -0.2) is 9.78 Å². The van der Waals surface area contributed by atoms with Crippen LogP contribution in [0, 0.1) is 0 Å². The molecule has 2 heterocycles. The van der Waals surface area contributed by atoms with E-state index in [9.17, 15) is 14.4 Å². The first-order chi connectivity index (χ1) is 26.0. The fraction of sp³-hybridized carbons (Fsp3) is 0.286. The minimum atomic E-state index is -1.07. The van der Waals surface area contributed by atoms with Crippen LogP contribution in [0.2, 0.25) is 0 Å². The van der Waals surface area contributed by atoms with Gasteiger partial charge in [0.05, 0.1) is 22.8 Å². The molecule has 0 saturated heterocycles. The molecule has 2 amide bonds. The fourth-order valence-electron chi connectivity index (χ4n) is 6.93. The molecule has 2 atom stereocenters. The molecular formula is C42H43ClN4O4S2. The second kappa shape index (κ2) is 19.0. The molecule has 0 saturated carbocycles. The molecule has 1 aromatic heterocycles. The summed E-state index contributed by atoms with van der Waals surface area (Å²) in [5.41, 5.74) is 7.01. The van der Waals surface area contributed by atoms with E-state index in [0.717, 1.165) is 42.4 Å². The molecule has 1 aliphatic carbocycles. The zero-order valence-corrected chi connectivity index (χ0v) is 31.8. The molecule has 0 radical (unpaired) electrons. The Bertz CT molecular complexity index is 1810. The van der Waals surface area contributed by atoms with Gasteiger partial charge in [0.1, 0.15) is 11.7 Å². The number of thioether (sulfide) groups is 1. The number of alkyl halides is 1. The van der Waals surface area contributed by atoms with Crippen molar-refractivity contribution in [2.75, 3.05) is 17.4 Å². The van der Waals surface area contributed by atoms with E-state index in [0.29, 0.717) is 29.2 Å². The average molecular weight is 767 g/mol. The third-order valence-corrected chi connectivity index (χ3v) is 11.2. The second-order valence-electron chi connectivity index (χ2n) is 12.8. The number of carbonyl (C=O) groups excluding carboxylic acids is 3. The lowest BCUT2D eigenvalue weighted by atomic mass is 9.76. The molecule has 3 aromatic carbocycles. The first-order valence-corrected chi connectivity index (χ1v) is 20.5. The molecule has 0 spiro atoms. The number of aromatic nitrogens is 1. The Balaban J connectivity index is 1.38. The Morgan fingerprint density at radius 1 is 0.962 bits per heavy atom. The van der Waals surface area contributed by atoms with Crippen LogP contribution >= 0.6 is 34.7 Å². The summed E-state index contributed by atoms with van der Waals surface area (Å²) < 4.78 is 0. The van der Waals surface area contributed by atoms with Gasteiger partial charge in [0, 0.05) is 29.2 Å². The highest BCUT2D eigenvalue weighted by atomic mass is 35.5. The van der Waals surface area contributed by atoms with Gasteiger partial charge in [-0.2, -0.15) is 17.2 Å². The number of hydroxylamine groups is 1. The van der Waals surface area contributed by atoms with Crippen LogP contribution in [0.1, 0.15) is 67.0 Å². The van der Waals surface area contributed by atoms with E-state index < -0.39 is 23.5 Å². The normalized spacial score (nSPS) is 19.8. The Kier molecular flexibility index (Phi) is 13.7. The van der Waals surface area contributed by atoms with Crippen LogP contribution in [0.25, 0.3) is 0 Å². The third kappa shape index (κ3) is 9.19. The minimum absolute atomic E-state index is 0.115. The van der Waals surface area contributed by atoms with Gasteiger partial charge in [-0.3, -0.25) is 19.8 Å². The topological polar surface area (TPSA) is 101 Å². The summed E-state index contributed by atoms with van der Waals surface area (Å²) in [6.07, 6.45) is 12.6. The van der Waals surface area contributed by atoms with Crippen LogP contribution in [0.4, 0.5) is 0 Å². The molecule has 2 unspecified atom stereocenters. The lowest BCUT2D eigenvalue weighted by Gasteiger charge is -2.39. The monoisotopic (exact) mass is 766 g/mol. The average Bonchev–Trinajstić information content (AvgIpc) is 3.72. The summed E-state index contributed by atoms with van der Waals surface area (Å²) in [4.78, 5) is 54.5. The van der Waals surface area contributed by atoms with Crippen molar-refractivity contribution >= 4 is 52.5 Å². The maximum atomic E-state index is 14.5. The summed E-state index contributed by atoms with van der Waals surface area (Å²) in [5.74, 6) is -0.283. The number of nitrogens with zero attached hydrogens (tertiary/aromatic N) is 2. The molecular weight excluding hydrogens is 724 g/mol. The molecule has 6 rings (SSSR count). The molecule has 2 aliphatic rings. The van der Waals surface area contributed by atoms with Crippen molar-refractivity contribution in [3.8, 4) is 0 Å². The van der Waals surface area contributed by atoms with Gasteiger partial charge < -0.3 is 4.84 Å². The summed E-state index contributed by atoms with van der Waals surface area (Å²) in [6, 6.07) is 28.4. The highest BCUT2D eigenvalue weighted by Gasteiger charge is 2.42. The van der Waals surface area contributed by atoms with Crippen molar-refractivity contribution in [3.63, 3.8) is 0 Å². The molecule has 0 bridgehead atoms. The van der Waals surface area contributed by atoms with E-state index >= 15 is 0 Å². The summed E-state index contributed by atoms with van der Waals surface area (Å²) >= 11 is 8.98. The van der Waals surface area contributed by atoms with Crippen molar-refractivity contribution in [3.05, 3.63) is 160 Å². The maximum absolute atomic E-state index is 14.5. The van der Waals surface area contributed by atoms with Gasteiger partial charge in [0.2, 0.25) is 5.91 Å². The number of benzene rings is 3. The van der Waals surface area contributed by atoms with Gasteiger partial charge >= 0.3 is 5.97 Å². The molecule has 2 N–H and O–H groups in total. The number of halogens is 1. The molecule has 4 aromatic rings. The molecule has 53 heavy (non-hydrogen) atoms. The minimum Gasteiger partial charge on any atom is -0.334 e. The Morgan fingerprint density at radius 3 is 2.23 bits per heavy atom. The summed E-state index contributed by atoms with van der Waals surface area (Å²) in [5, 5.41) is 5.48. The Morgan fingerprint density at radius 2 is 1.62 bits per heavy atom. The smallest absolute Gasteiger partial charge is 0.334 e. The third-order valence-electron chi connectivity index (χ3n) is 9.43. The fourth-order valence-corrected chi connectivity index (χ4v) is 8.52. The Labute approximate surface area is 324 Å². The molecule has 8 nitrogen and oxygen atoms in total. The predicted molar refractivity (Wildman–Crippen MR) is 213 cm³/mol. The van der Waals surface area contributed by atoms with E-state index in [1.54, 1.807) is 39.7 Å². The number of hydrogen-bond donors (Lipinski definition) is 2. The van der Waals surface area contributed by atoms with Crippen LogP contribution in [0.3, 0.4) is 0 Å². The van der Waals surface area contributed by atoms with Crippen LogP contribution in [-0.4, -0.2) is 51.1 Å². The van der Waals surface area contributed by atoms with E-state index in [1.165, 1.54) is 11.3 Å². The highest BCUT2D eigenvalue weighted by Crippen LogP contribution is 2.39. The van der Waals surface area contributed by atoms with Crippen LogP contribution in [0.15, 0.2) is 137 Å². The second-order valence-corrected chi connectivity index (χ2v) is 15.0. The lowest BCUT2D eigenvalue weighted by Crippen LogP contribution is -2.51. The van der Waals surface area contributed by atoms with Gasteiger partial charge in [-0.15, -0.1) is 22.9 Å². The molecule has 274 valence electrons. The van der Waals surface area contributed by atoms with E-state index in [1.807, 2.05) is 97.1 Å². The number of amides is 2. The van der Waals surface area contributed by atoms with E-state index in [4.69, 9.17) is 16.4 Å². The molecule has 11 heteroatoms. The first kappa shape index (κ1) is 38.3. The van der Waals surface area contributed by atoms with Crippen molar-refractivity contribution in [2.45, 2.75) is 56.1 Å². The number of nitrogens with one attached hydrogen (secondary N) is 2. The number of hydrogen-bond acceptors (Lipinski definition) is 8. The Hall–Kier alpha value is -4.48. The lowest BCUT2D eigenvalue weighted by molar-refractivity contribution is -0.158. The SMILES string of the molecule is O=C(ONC(=O)C(NC(c1ccccc1)(c1ccccc1)c1ccccc1)c1cscn1)/C1=C(\C=CCCl)CSCCC(=O)N1C1/C=C\CCCCC1. The first-order valence-electron chi connectivity index (χ1n) is 17.9. The van der Waals surface area contributed by atoms with Crippen molar-refractivity contribution in [1.82, 2.24) is 20.7 Å². The van der Waals surface area contributed by atoms with Gasteiger partial charge in [-0.05, 0) is 41.5 Å². The van der Waals surface area contributed by atoms with E-state index in [-0.39, 0.29) is 29.9 Å². The van der Waals surface area contributed by atoms with Crippen molar-refractivity contribution in [2.24, 2.45) is 0 Å². The van der Waals surface area contributed by atoms with Gasteiger partial charge in [0.25, 0.3) is 5.91 Å². The summed E-state index contributed by atoms with van der Waals surface area (Å²) in [7, 11) is 0. The van der Waals surface area contributed by atoms with Crippen LogP contribution < -0.4 is 10.8 Å². The van der Waals surface area contributed by atoms with Crippen LogP contribution in [-0.2, 0) is 24.8 Å². The van der Waals surface area contributed by atoms with Gasteiger partial charge in [-0.1, -0.05) is 128 Å². The number of rotatable bonds is 11. The predicted octanol–water partition coefficient (Wildman–Crippen LogP) is 8.24. The summed E-state index contributed by atoms with van der Waals surface area (Å²) in [6.45, 7) is 0. The molecule has 1 aliphatic heterocycles. The van der Waals surface area contributed by atoms with Crippen molar-refractivity contribution in [1.29, 1.82) is 0 Å². The number of carbonyl (C=O) groups is 3. The van der Waals surface area contributed by atoms with E-state index in [2.05, 4.69) is 21.9 Å². The zero-order chi connectivity index (χ0) is 36.9. The van der Waals surface area contributed by atoms with Gasteiger partial charge in [0.15, 0.2) is 0 Å².